The summed E-state index contributed by atoms with van der Waals surface area (Å²) in [7, 11) is 0. The van der Waals surface area contributed by atoms with Gasteiger partial charge in [0.05, 0.1) is 18.4 Å². The van der Waals surface area contributed by atoms with Gasteiger partial charge in [-0.1, -0.05) is 18.2 Å². The van der Waals surface area contributed by atoms with Gasteiger partial charge in [-0.05, 0) is 30.7 Å². The van der Waals surface area contributed by atoms with Crippen LogP contribution in [-0.4, -0.2) is 52.8 Å². The highest BCUT2D eigenvalue weighted by atomic mass is 16.2. The number of nitrogens with zero attached hydrogens (tertiary/aromatic N) is 2. The minimum atomic E-state index is -0.706. The van der Waals surface area contributed by atoms with Crippen LogP contribution < -0.4 is 16.4 Å². The lowest BCUT2D eigenvalue weighted by atomic mass is 10.1. The van der Waals surface area contributed by atoms with Crippen LogP contribution in [0.3, 0.4) is 0 Å². The average Bonchev–Trinajstić information content (AvgIpc) is 3.12. The van der Waals surface area contributed by atoms with Crippen molar-refractivity contribution in [3.8, 4) is 0 Å². The number of amides is 3. The molecule has 0 radical (unpaired) electrons. The van der Waals surface area contributed by atoms with E-state index in [4.69, 9.17) is 5.73 Å². The zero-order valence-electron chi connectivity index (χ0n) is 14.7. The summed E-state index contributed by atoms with van der Waals surface area (Å²) in [5, 5.41) is 5.64. The highest BCUT2D eigenvalue weighted by molar-refractivity contribution is 5.98. The predicted molar refractivity (Wildman–Crippen MR) is 99.7 cm³/mol. The van der Waals surface area contributed by atoms with Gasteiger partial charge in [0.2, 0.25) is 11.8 Å². The Kier molecular flexibility index (Phi) is 5.77. The fourth-order valence-electron chi connectivity index (χ4n) is 3.10. The molecule has 1 aromatic carbocycles. The number of carbonyl (C=O) groups excluding carboxylic acids is 3. The van der Waals surface area contributed by atoms with E-state index in [0.29, 0.717) is 17.7 Å². The van der Waals surface area contributed by atoms with Crippen LogP contribution in [0.4, 0.5) is 5.69 Å². The van der Waals surface area contributed by atoms with E-state index in [-0.39, 0.29) is 36.9 Å². The molecule has 2 heterocycles. The van der Waals surface area contributed by atoms with E-state index in [9.17, 15) is 14.4 Å². The van der Waals surface area contributed by atoms with Crippen LogP contribution in [-0.2, 0) is 9.59 Å². The molecule has 4 N–H and O–H groups in total. The van der Waals surface area contributed by atoms with Gasteiger partial charge >= 0.3 is 0 Å². The summed E-state index contributed by atoms with van der Waals surface area (Å²) in [6.07, 6.45) is 3.44. The van der Waals surface area contributed by atoms with Crippen LogP contribution in [0.1, 0.15) is 16.8 Å². The summed E-state index contributed by atoms with van der Waals surface area (Å²) < 4.78 is 0. The fraction of sp³-hybridized carbons (Fsp3) is 0.263. The summed E-state index contributed by atoms with van der Waals surface area (Å²) in [5.74, 6) is -0.909. The zero-order chi connectivity index (χ0) is 19.2. The molecule has 0 bridgehead atoms. The molecule has 1 aliphatic heterocycles. The second kappa shape index (κ2) is 8.41. The van der Waals surface area contributed by atoms with Crippen LogP contribution in [0.5, 0.6) is 0 Å². The molecule has 140 valence electrons. The number of pyridine rings is 1. The number of benzene rings is 1. The van der Waals surface area contributed by atoms with Gasteiger partial charge in [-0.25, -0.2) is 0 Å². The summed E-state index contributed by atoms with van der Waals surface area (Å²) >= 11 is 0. The molecule has 2 aromatic rings. The van der Waals surface area contributed by atoms with Crippen LogP contribution in [0.25, 0.3) is 0 Å². The van der Waals surface area contributed by atoms with Gasteiger partial charge in [0, 0.05) is 24.3 Å². The van der Waals surface area contributed by atoms with Crippen molar-refractivity contribution in [2.75, 3.05) is 18.4 Å². The predicted octanol–water partition coefficient (Wildman–Crippen LogP) is 0.378. The van der Waals surface area contributed by atoms with E-state index in [0.717, 1.165) is 0 Å². The normalized spacial score (nSPS) is 18.8. The first kappa shape index (κ1) is 18.5. The molecule has 1 aromatic heterocycles. The van der Waals surface area contributed by atoms with Gasteiger partial charge in [0.1, 0.15) is 6.04 Å². The van der Waals surface area contributed by atoms with Gasteiger partial charge < -0.3 is 21.3 Å². The Morgan fingerprint density at radius 1 is 1.15 bits per heavy atom. The first-order valence-corrected chi connectivity index (χ1v) is 8.65. The van der Waals surface area contributed by atoms with Gasteiger partial charge in [-0.15, -0.1) is 0 Å². The summed E-state index contributed by atoms with van der Waals surface area (Å²) in [6.45, 7) is 0.0375. The van der Waals surface area contributed by atoms with Crippen molar-refractivity contribution in [3.63, 3.8) is 0 Å². The van der Waals surface area contributed by atoms with Crippen molar-refractivity contribution < 1.29 is 14.4 Å². The molecular weight excluding hydrogens is 346 g/mol. The molecule has 27 heavy (non-hydrogen) atoms. The second-order valence-corrected chi connectivity index (χ2v) is 6.27. The average molecular weight is 367 g/mol. The van der Waals surface area contributed by atoms with E-state index in [1.54, 1.807) is 42.6 Å². The van der Waals surface area contributed by atoms with Crippen LogP contribution in [0.2, 0.25) is 0 Å². The quantitative estimate of drug-likeness (QED) is 0.706. The van der Waals surface area contributed by atoms with Crippen molar-refractivity contribution in [3.05, 3.63) is 60.4 Å². The lowest BCUT2D eigenvalue weighted by Gasteiger charge is -2.23. The summed E-state index contributed by atoms with van der Waals surface area (Å²) in [4.78, 5) is 42.6. The monoisotopic (exact) mass is 367 g/mol. The Labute approximate surface area is 156 Å². The SMILES string of the molecule is NCC(=O)N1C[C@H](NC(=O)c2ccccc2)C[C@H]1C(=O)Nc1cccnc1. The highest BCUT2D eigenvalue weighted by Crippen LogP contribution is 2.20. The molecule has 3 rings (SSSR count). The first-order chi connectivity index (χ1) is 13.1. The van der Waals surface area contributed by atoms with Crippen molar-refractivity contribution in [2.24, 2.45) is 5.73 Å². The Morgan fingerprint density at radius 3 is 2.59 bits per heavy atom. The largest absolute Gasteiger partial charge is 0.347 e. The van der Waals surface area contributed by atoms with Crippen LogP contribution >= 0.6 is 0 Å². The molecule has 8 nitrogen and oxygen atoms in total. The van der Waals surface area contributed by atoms with Crippen molar-refractivity contribution in [1.82, 2.24) is 15.2 Å². The van der Waals surface area contributed by atoms with E-state index in [2.05, 4.69) is 15.6 Å². The third kappa shape index (κ3) is 4.48. The topological polar surface area (TPSA) is 117 Å². The van der Waals surface area contributed by atoms with Crippen LogP contribution in [0, 0.1) is 0 Å². The number of likely N-dealkylation sites (tertiary alicyclic amines) is 1. The number of hydrogen-bond acceptors (Lipinski definition) is 5. The lowest BCUT2D eigenvalue weighted by molar-refractivity contribution is -0.135. The standard InChI is InChI=1S/C19H21N5O3/c20-10-17(25)24-12-15(23-18(26)13-5-2-1-3-6-13)9-16(24)19(27)22-14-7-4-8-21-11-14/h1-8,11,15-16H,9-10,12,20H2,(H,22,27)(H,23,26)/t15-,16+/m1/s1. The molecule has 1 fully saturated rings. The van der Waals surface area contributed by atoms with E-state index >= 15 is 0 Å². The number of aromatic nitrogens is 1. The Bertz CT molecular complexity index is 813. The zero-order valence-corrected chi connectivity index (χ0v) is 14.7. The number of carbonyl (C=O) groups is 3. The summed E-state index contributed by atoms with van der Waals surface area (Å²) in [6, 6.07) is 11.2. The molecule has 0 spiro atoms. The maximum absolute atomic E-state index is 12.7. The second-order valence-electron chi connectivity index (χ2n) is 6.27. The minimum Gasteiger partial charge on any atom is -0.347 e. The number of nitrogens with two attached hydrogens (primary N) is 1. The Balaban J connectivity index is 1.69. The van der Waals surface area contributed by atoms with E-state index < -0.39 is 6.04 Å². The highest BCUT2D eigenvalue weighted by Gasteiger charge is 2.39. The number of nitrogens with one attached hydrogen (secondary N) is 2. The Morgan fingerprint density at radius 2 is 1.93 bits per heavy atom. The summed E-state index contributed by atoms with van der Waals surface area (Å²) in [5.41, 5.74) is 6.55. The molecular formula is C19H21N5O3. The minimum absolute atomic E-state index is 0.198. The molecule has 0 unspecified atom stereocenters. The molecule has 2 atom stereocenters. The molecule has 3 amide bonds. The molecule has 0 aliphatic carbocycles. The third-order valence-electron chi connectivity index (χ3n) is 4.40. The van der Waals surface area contributed by atoms with Crippen molar-refractivity contribution >= 4 is 23.4 Å². The van der Waals surface area contributed by atoms with E-state index in [1.165, 1.54) is 11.1 Å². The number of rotatable bonds is 5. The maximum atomic E-state index is 12.7. The van der Waals surface area contributed by atoms with Crippen LogP contribution in [0.15, 0.2) is 54.9 Å². The molecule has 8 heteroatoms. The Hall–Kier alpha value is -3.26. The lowest BCUT2D eigenvalue weighted by Crippen LogP contribution is -2.46. The number of hydrogen-bond donors (Lipinski definition) is 3. The van der Waals surface area contributed by atoms with Crippen molar-refractivity contribution in [2.45, 2.75) is 18.5 Å². The maximum Gasteiger partial charge on any atom is 0.251 e. The van der Waals surface area contributed by atoms with Crippen molar-refractivity contribution in [1.29, 1.82) is 0 Å². The van der Waals surface area contributed by atoms with Gasteiger partial charge in [-0.2, -0.15) is 0 Å². The van der Waals surface area contributed by atoms with Gasteiger partial charge in [-0.3, -0.25) is 19.4 Å². The van der Waals surface area contributed by atoms with Gasteiger partial charge in [0.15, 0.2) is 0 Å². The smallest absolute Gasteiger partial charge is 0.251 e. The first-order valence-electron chi connectivity index (χ1n) is 8.65. The third-order valence-corrected chi connectivity index (χ3v) is 4.40. The fourth-order valence-corrected chi connectivity index (χ4v) is 3.10. The van der Waals surface area contributed by atoms with E-state index in [1.807, 2.05) is 6.07 Å². The number of anilines is 1. The molecule has 1 saturated heterocycles. The molecule has 1 aliphatic rings. The van der Waals surface area contributed by atoms with Gasteiger partial charge in [0.25, 0.3) is 5.91 Å². The molecule has 0 saturated carbocycles.